The van der Waals surface area contributed by atoms with E-state index in [2.05, 4.69) is 4.90 Å². The molecule has 0 N–H and O–H groups in total. The quantitative estimate of drug-likeness (QED) is 0.431. The van der Waals surface area contributed by atoms with Gasteiger partial charge in [0.2, 0.25) is 0 Å². The monoisotopic (exact) mass is 432 g/mol. The zero-order valence-corrected chi connectivity index (χ0v) is 18.2. The van der Waals surface area contributed by atoms with E-state index in [-0.39, 0.29) is 5.82 Å². The molecule has 3 heterocycles. The molecule has 1 fully saturated rings. The molecule has 2 aromatic heterocycles. The van der Waals surface area contributed by atoms with Crippen molar-refractivity contribution in [2.45, 2.75) is 19.4 Å². The summed E-state index contributed by atoms with van der Waals surface area (Å²) in [5, 5.41) is 4.87. The highest BCUT2D eigenvalue weighted by atomic mass is 19.1. The van der Waals surface area contributed by atoms with Gasteiger partial charge >= 0.3 is 0 Å². The zero-order valence-electron chi connectivity index (χ0n) is 18.2. The maximum atomic E-state index is 13.6. The first-order valence-electron chi connectivity index (χ1n) is 10.7. The van der Waals surface area contributed by atoms with E-state index in [0.717, 1.165) is 71.2 Å². The topological polar surface area (TPSA) is 51.9 Å². The van der Waals surface area contributed by atoms with E-state index >= 15 is 0 Å². The molecule has 4 aromatic rings. The zero-order chi connectivity index (χ0) is 22.1. The number of anilines is 1. The van der Waals surface area contributed by atoms with Gasteiger partial charge in [0.15, 0.2) is 5.65 Å². The van der Waals surface area contributed by atoms with Crippen LogP contribution in [0.3, 0.4) is 0 Å². The van der Waals surface area contributed by atoms with Gasteiger partial charge in [0.05, 0.1) is 30.7 Å². The van der Waals surface area contributed by atoms with E-state index in [1.54, 1.807) is 26.4 Å². The molecular weight excluding hydrogens is 407 g/mol. The Bertz CT molecular complexity index is 1230. The summed E-state index contributed by atoms with van der Waals surface area (Å²) in [6, 6.07) is 16.4. The lowest BCUT2D eigenvalue weighted by Crippen LogP contribution is -2.19. The molecule has 0 saturated carbocycles. The van der Waals surface area contributed by atoms with E-state index in [1.807, 2.05) is 34.8 Å². The van der Waals surface area contributed by atoms with E-state index in [4.69, 9.17) is 19.6 Å². The van der Waals surface area contributed by atoms with Gasteiger partial charge in [0.1, 0.15) is 17.4 Å². The number of fused-ring (bicyclic) bond motifs is 1. The van der Waals surface area contributed by atoms with E-state index in [1.165, 1.54) is 12.1 Å². The molecule has 2 aromatic carbocycles. The highest BCUT2D eigenvalue weighted by Gasteiger charge is 2.22. The second kappa shape index (κ2) is 8.59. The van der Waals surface area contributed by atoms with Gasteiger partial charge in [-0.15, -0.1) is 0 Å². The van der Waals surface area contributed by atoms with Crippen molar-refractivity contribution in [3.8, 4) is 28.1 Å². The molecule has 32 heavy (non-hydrogen) atoms. The van der Waals surface area contributed by atoms with Gasteiger partial charge in [-0.25, -0.2) is 13.9 Å². The summed E-state index contributed by atoms with van der Waals surface area (Å²) < 4.78 is 26.3. The summed E-state index contributed by atoms with van der Waals surface area (Å²) in [7, 11) is 3.31. The van der Waals surface area contributed by atoms with Gasteiger partial charge in [-0.1, -0.05) is 12.1 Å². The van der Waals surface area contributed by atoms with Gasteiger partial charge in [-0.05, 0) is 54.8 Å². The molecule has 0 atom stereocenters. The van der Waals surface area contributed by atoms with Crippen LogP contribution in [0.1, 0.15) is 18.5 Å². The lowest BCUT2D eigenvalue weighted by molar-refractivity contribution is 0.181. The average Bonchev–Trinajstić information content (AvgIpc) is 3.48. The van der Waals surface area contributed by atoms with E-state index in [0.29, 0.717) is 6.61 Å². The first-order chi connectivity index (χ1) is 15.7. The molecule has 0 amide bonds. The van der Waals surface area contributed by atoms with Crippen LogP contribution in [-0.2, 0) is 11.3 Å². The molecule has 0 unspecified atom stereocenters. The largest absolute Gasteiger partial charge is 0.497 e. The third kappa shape index (κ3) is 3.69. The highest BCUT2D eigenvalue weighted by Crippen LogP contribution is 2.34. The Morgan fingerprint density at radius 1 is 0.938 bits per heavy atom. The van der Waals surface area contributed by atoms with Crippen LogP contribution in [0.2, 0.25) is 0 Å². The lowest BCUT2D eigenvalue weighted by atomic mass is 10.1. The van der Waals surface area contributed by atoms with Gasteiger partial charge in [0, 0.05) is 31.8 Å². The highest BCUT2D eigenvalue weighted by molar-refractivity contribution is 5.83. The third-order valence-corrected chi connectivity index (χ3v) is 5.88. The Morgan fingerprint density at radius 3 is 2.28 bits per heavy atom. The number of methoxy groups -OCH3 is 2. The Labute approximate surface area is 186 Å². The molecule has 5 rings (SSSR count). The van der Waals surface area contributed by atoms with E-state index in [9.17, 15) is 4.39 Å². The normalized spacial score (nSPS) is 13.8. The number of rotatable bonds is 6. The minimum absolute atomic E-state index is 0.265. The van der Waals surface area contributed by atoms with Crippen molar-refractivity contribution in [1.82, 2.24) is 14.6 Å². The Balaban J connectivity index is 1.77. The summed E-state index contributed by atoms with van der Waals surface area (Å²) in [6.07, 6.45) is 2.30. The smallest absolute Gasteiger partial charge is 0.166 e. The molecule has 6 nitrogen and oxygen atoms in total. The fraction of sp³-hybridized carbons (Fsp3) is 0.280. The predicted molar refractivity (Wildman–Crippen MR) is 123 cm³/mol. The van der Waals surface area contributed by atoms with Crippen LogP contribution in [0.5, 0.6) is 5.75 Å². The van der Waals surface area contributed by atoms with E-state index < -0.39 is 0 Å². The van der Waals surface area contributed by atoms with Crippen molar-refractivity contribution >= 4 is 11.5 Å². The van der Waals surface area contributed by atoms with Gasteiger partial charge < -0.3 is 14.4 Å². The second-order valence-electron chi connectivity index (χ2n) is 7.92. The number of nitrogens with zero attached hydrogens (tertiary/aromatic N) is 4. The molecule has 0 spiro atoms. The van der Waals surface area contributed by atoms with Crippen LogP contribution in [0, 0.1) is 5.82 Å². The molecule has 0 bridgehead atoms. The summed E-state index contributed by atoms with van der Waals surface area (Å²) >= 11 is 0. The Morgan fingerprint density at radius 2 is 1.62 bits per heavy atom. The standard InChI is InChI=1S/C25H25FN4O2/c1-31-16-21-24(18-7-11-20(32-2)12-8-18)25-27-23(29-13-3-4-14-29)15-22(30(25)28-21)17-5-9-19(26)10-6-17/h5-12,15H,3-4,13-14,16H2,1-2H3. The van der Waals surface area contributed by atoms with Crippen LogP contribution in [0.15, 0.2) is 54.6 Å². The van der Waals surface area contributed by atoms with Crippen molar-refractivity contribution in [3.05, 3.63) is 66.1 Å². The number of ether oxygens (including phenoxy) is 2. The van der Waals surface area contributed by atoms with Crippen molar-refractivity contribution in [3.63, 3.8) is 0 Å². The van der Waals surface area contributed by atoms with Crippen LogP contribution in [0.4, 0.5) is 10.2 Å². The third-order valence-electron chi connectivity index (χ3n) is 5.88. The molecule has 164 valence electrons. The average molecular weight is 432 g/mol. The van der Waals surface area contributed by atoms with Crippen LogP contribution in [-0.4, -0.2) is 41.9 Å². The number of hydrogen-bond acceptors (Lipinski definition) is 5. The number of halogens is 1. The SMILES string of the molecule is COCc1nn2c(-c3ccc(F)cc3)cc(N3CCCC3)nc2c1-c1ccc(OC)cc1. The second-order valence-corrected chi connectivity index (χ2v) is 7.92. The summed E-state index contributed by atoms with van der Waals surface area (Å²) in [5.74, 6) is 1.43. The van der Waals surface area contributed by atoms with Crippen LogP contribution >= 0.6 is 0 Å². The predicted octanol–water partition coefficient (Wildman–Crippen LogP) is 4.96. The molecular formula is C25H25FN4O2. The maximum absolute atomic E-state index is 13.6. The lowest BCUT2D eigenvalue weighted by Gasteiger charge is -2.18. The van der Waals surface area contributed by atoms with Gasteiger partial charge in [-0.2, -0.15) is 5.10 Å². The van der Waals surface area contributed by atoms with Crippen molar-refractivity contribution in [2.24, 2.45) is 0 Å². The number of benzene rings is 2. The molecule has 7 heteroatoms. The van der Waals surface area contributed by atoms with Crippen LogP contribution < -0.4 is 9.64 Å². The fourth-order valence-corrected chi connectivity index (χ4v) is 4.27. The van der Waals surface area contributed by atoms with Crippen molar-refractivity contribution in [1.29, 1.82) is 0 Å². The van der Waals surface area contributed by atoms with Crippen molar-refractivity contribution < 1.29 is 13.9 Å². The fourth-order valence-electron chi connectivity index (χ4n) is 4.27. The number of hydrogen-bond donors (Lipinski definition) is 0. The van der Waals surface area contributed by atoms with Crippen molar-refractivity contribution in [2.75, 3.05) is 32.2 Å². The summed E-state index contributed by atoms with van der Waals surface area (Å²) in [4.78, 5) is 7.35. The first kappa shape index (κ1) is 20.5. The first-order valence-corrected chi connectivity index (χ1v) is 10.7. The van der Waals surface area contributed by atoms with Gasteiger partial charge in [-0.3, -0.25) is 0 Å². The number of aromatic nitrogens is 3. The van der Waals surface area contributed by atoms with Crippen LogP contribution in [0.25, 0.3) is 28.0 Å². The molecule has 1 aliphatic rings. The summed E-state index contributed by atoms with van der Waals surface area (Å²) in [5.41, 5.74) is 5.22. The minimum atomic E-state index is -0.265. The van der Waals surface area contributed by atoms with Gasteiger partial charge in [0.25, 0.3) is 0 Å². The minimum Gasteiger partial charge on any atom is -0.497 e. The maximum Gasteiger partial charge on any atom is 0.166 e. The Kier molecular flexibility index (Phi) is 5.49. The molecule has 0 radical (unpaired) electrons. The molecule has 1 aliphatic heterocycles. The molecule has 1 saturated heterocycles. The Hall–Kier alpha value is -3.45. The molecule has 0 aliphatic carbocycles. The summed E-state index contributed by atoms with van der Waals surface area (Å²) in [6.45, 7) is 2.30.